The number of ether oxygens (including phenoxy) is 1. The number of nitrogens with one attached hydrogen (secondary N) is 1. The number of anilines is 1. The summed E-state index contributed by atoms with van der Waals surface area (Å²) in [4.78, 5) is 17.4. The lowest BCUT2D eigenvalue weighted by Crippen LogP contribution is -2.30. The fraction of sp³-hybridized carbons (Fsp3) is 0.120. The van der Waals surface area contributed by atoms with Gasteiger partial charge in [0.15, 0.2) is 5.11 Å². The summed E-state index contributed by atoms with van der Waals surface area (Å²) in [7, 11) is 1.63. The number of rotatable bonds is 6. The Balaban J connectivity index is 1.64. The fourth-order valence-corrected chi connectivity index (χ4v) is 4.64. The number of nitro benzene ring substituents is 1. The van der Waals surface area contributed by atoms with E-state index in [1.807, 2.05) is 65.4 Å². The van der Waals surface area contributed by atoms with E-state index in [0.29, 0.717) is 5.11 Å². The minimum absolute atomic E-state index is 0.0468. The highest BCUT2D eigenvalue weighted by Crippen LogP contribution is 2.42. The molecule has 0 bridgehead atoms. The highest BCUT2D eigenvalue weighted by atomic mass is 32.1. The van der Waals surface area contributed by atoms with Crippen LogP contribution in [0.15, 0.2) is 91.3 Å². The zero-order chi connectivity index (χ0) is 23.7. The number of thiocarbonyl (C=S) groups is 1. The first-order valence-electron chi connectivity index (χ1n) is 10.6. The number of benzene rings is 2. The summed E-state index contributed by atoms with van der Waals surface area (Å²) in [6.45, 7) is 0. The van der Waals surface area contributed by atoms with Crippen molar-refractivity contribution in [1.82, 2.24) is 14.9 Å². The van der Waals surface area contributed by atoms with Crippen LogP contribution in [-0.2, 0) is 0 Å². The number of nitro groups is 1. The number of pyridine rings is 1. The molecule has 0 unspecified atom stereocenters. The van der Waals surface area contributed by atoms with Gasteiger partial charge in [-0.1, -0.05) is 12.1 Å². The summed E-state index contributed by atoms with van der Waals surface area (Å²) in [6, 6.07) is 23.6. The van der Waals surface area contributed by atoms with Crippen LogP contribution in [0.3, 0.4) is 0 Å². The maximum Gasteiger partial charge on any atom is 0.269 e. The zero-order valence-electron chi connectivity index (χ0n) is 18.2. The molecule has 2 atom stereocenters. The largest absolute Gasteiger partial charge is 0.497 e. The minimum Gasteiger partial charge on any atom is -0.497 e. The van der Waals surface area contributed by atoms with E-state index in [2.05, 4.69) is 15.2 Å². The van der Waals surface area contributed by atoms with Gasteiger partial charge in [0.1, 0.15) is 11.8 Å². The Morgan fingerprint density at radius 1 is 1.03 bits per heavy atom. The van der Waals surface area contributed by atoms with Crippen molar-refractivity contribution in [3.8, 4) is 11.4 Å². The van der Waals surface area contributed by atoms with Gasteiger partial charge in [-0.3, -0.25) is 15.1 Å². The third-order valence-corrected chi connectivity index (χ3v) is 6.17. The van der Waals surface area contributed by atoms with Crippen LogP contribution in [0, 0.1) is 10.1 Å². The molecule has 0 aliphatic carbocycles. The molecule has 34 heavy (non-hydrogen) atoms. The number of nitrogens with zero attached hydrogens (tertiary/aromatic N) is 4. The van der Waals surface area contributed by atoms with Crippen molar-refractivity contribution in [2.24, 2.45) is 0 Å². The van der Waals surface area contributed by atoms with Gasteiger partial charge in [-0.15, -0.1) is 0 Å². The van der Waals surface area contributed by atoms with Crippen LogP contribution in [0.25, 0.3) is 5.69 Å². The number of hydrogen-bond donors (Lipinski definition) is 1. The summed E-state index contributed by atoms with van der Waals surface area (Å²) in [5.41, 5.74) is 3.56. The summed E-state index contributed by atoms with van der Waals surface area (Å²) >= 11 is 5.80. The zero-order valence-corrected chi connectivity index (χ0v) is 19.1. The molecule has 1 aliphatic rings. The van der Waals surface area contributed by atoms with E-state index in [1.54, 1.807) is 25.4 Å². The lowest BCUT2D eigenvalue weighted by Gasteiger charge is -2.29. The minimum atomic E-state index is -0.401. The number of hydrogen-bond acceptors (Lipinski definition) is 5. The van der Waals surface area contributed by atoms with Gasteiger partial charge in [0.2, 0.25) is 0 Å². The van der Waals surface area contributed by atoms with Gasteiger partial charge in [0, 0.05) is 47.7 Å². The smallest absolute Gasteiger partial charge is 0.269 e. The first-order chi connectivity index (χ1) is 16.6. The van der Waals surface area contributed by atoms with E-state index in [-0.39, 0.29) is 17.8 Å². The van der Waals surface area contributed by atoms with Crippen molar-refractivity contribution < 1.29 is 9.66 Å². The van der Waals surface area contributed by atoms with Gasteiger partial charge in [-0.2, -0.15) is 0 Å². The monoisotopic (exact) mass is 471 g/mol. The van der Waals surface area contributed by atoms with Gasteiger partial charge >= 0.3 is 0 Å². The summed E-state index contributed by atoms with van der Waals surface area (Å²) in [5, 5.41) is 15.1. The highest BCUT2D eigenvalue weighted by molar-refractivity contribution is 7.80. The van der Waals surface area contributed by atoms with Crippen molar-refractivity contribution >= 4 is 28.7 Å². The Morgan fingerprint density at radius 2 is 1.85 bits per heavy atom. The molecule has 9 heteroatoms. The third-order valence-electron chi connectivity index (χ3n) is 5.85. The summed E-state index contributed by atoms with van der Waals surface area (Å²) in [6.07, 6.45) is 3.71. The molecule has 2 aromatic heterocycles. The molecular formula is C25H21N5O3S. The van der Waals surface area contributed by atoms with Crippen molar-refractivity contribution in [2.75, 3.05) is 12.0 Å². The van der Waals surface area contributed by atoms with Crippen LogP contribution in [-0.4, -0.2) is 26.7 Å². The molecule has 8 nitrogen and oxygen atoms in total. The molecule has 2 aromatic carbocycles. The lowest BCUT2D eigenvalue weighted by atomic mass is 10.0. The number of aromatic nitrogens is 2. The van der Waals surface area contributed by atoms with Crippen molar-refractivity contribution in [1.29, 1.82) is 0 Å². The molecule has 0 amide bonds. The molecule has 0 radical (unpaired) electrons. The molecule has 4 aromatic rings. The Bertz CT molecular complexity index is 1340. The predicted octanol–water partition coefficient (Wildman–Crippen LogP) is 4.97. The van der Waals surface area contributed by atoms with Gasteiger partial charge < -0.3 is 19.5 Å². The molecule has 1 N–H and O–H groups in total. The molecule has 0 saturated carbocycles. The van der Waals surface area contributed by atoms with E-state index in [0.717, 1.165) is 28.5 Å². The second kappa shape index (κ2) is 8.95. The van der Waals surface area contributed by atoms with E-state index in [1.165, 1.54) is 12.1 Å². The van der Waals surface area contributed by atoms with Crippen LogP contribution in [0.2, 0.25) is 0 Å². The molecule has 1 aliphatic heterocycles. The average Bonchev–Trinajstić information content (AvgIpc) is 3.49. The van der Waals surface area contributed by atoms with E-state index in [4.69, 9.17) is 17.0 Å². The molecular weight excluding hydrogens is 450 g/mol. The van der Waals surface area contributed by atoms with E-state index < -0.39 is 4.92 Å². The van der Waals surface area contributed by atoms with Crippen LogP contribution < -0.4 is 15.0 Å². The van der Waals surface area contributed by atoms with Gasteiger partial charge in [-0.05, 0) is 60.7 Å². The van der Waals surface area contributed by atoms with Crippen LogP contribution in [0.1, 0.15) is 23.5 Å². The van der Waals surface area contributed by atoms with Gasteiger partial charge in [0.05, 0.1) is 23.8 Å². The standard InChI is InChI=1S/C25H21N5O3S/c1-33-20-7-4-6-19(16-20)29-24(23(27-25(29)34)21-8-2-3-14-26-21)22-9-5-15-28(22)17-10-12-18(13-11-17)30(31)32/h2-16,23-24H,1H3,(H,27,34)/t23-,24-/m1/s1. The Labute approximate surface area is 201 Å². The SMILES string of the molecule is COc1cccc(N2C(=S)N[C@H](c3ccccn3)[C@H]2c2cccn2-c2ccc([N+](=O)[O-])cc2)c1. The first-order valence-corrected chi connectivity index (χ1v) is 11.0. The molecule has 3 heterocycles. The Kier molecular flexibility index (Phi) is 5.69. The average molecular weight is 472 g/mol. The third kappa shape index (κ3) is 3.86. The van der Waals surface area contributed by atoms with Crippen LogP contribution in [0.4, 0.5) is 11.4 Å². The van der Waals surface area contributed by atoms with E-state index in [9.17, 15) is 10.1 Å². The Hall–Kier alpha value is -4.24. The quantitative estimate of drug-likeness (QED) is 0.241. The maximum absolute atomic E-state index is 11.1. The second-order valence-corrected chi connectivity index (χ2v) is 8.16. The van der Waals surface area contributed by atoms with Crippen molar-refractivity contribution in [3.63, 3.8) is 0 Å². The molecule has 1 fully saturated rings. The fourth-order valence-electron chi connectivity index (χ4n) is 4.30. The Morgan fingerprint density at radius 3 is 2.56 bits per heavy atom. The van der Waals surface area contributed by atoms with E-state index >= 15 is 0 Å². The van der Waals surface area contributed by atoms with Gasteiger partial charge in [0.25, 0.3) is 5.69 Å². The second-order valence-electron chi connectivity index (χ2n) is 7.77. The molecule has 170 valence electrons. The summed E-state index contributed by atoms with van der Waals surface area (Å²) < 4.78 is 7.47. The van der Waals surface area contributed by atoms with Crippen molar-refractivity contribution in [3.05, 3.63) is 113 Å². The molecule has 0 spiro atoms. The number of methoxy groups -OCH3 is 1. The normalized spacial score (nSPS) is 17.4. The highest BCUT2D eigenvalue weighted by Gasteiger charge is 2.42. The topological polar surface area (TPSA) is 85.5 Å². The van der Waals surface area contributed by atoms with Crippen LogP contribution in [0.5, 0.6) is 5.75 Å². The molecule has 5 rings (SSSR count). The van der Waals surface area contributed by atoms with Crippen LogP contribution >= 0.6 is 12.2 Å². The first kappa shape index (κ1) is 21.6. The van der Waals surface area contributed by atoms with Gasteiger partial charge in [-0.25, -0.2) is 0 Å². The van der Waals surface area contributed by atoms with Crippen molar-refractivity contribution in [2.45, 2.75) is 12.1 Å². The maximum atomic E-state index is 11.1. The summed E-state index contributed by atoms with van der Waals surface area (Å²) in [5.74, 6) is 0.728. The predicted molar refractivity (Wildman–Crippen MR) is 133 cm³/mol. The molecule has 1 saturated heterocycles. The lowest BCUT2D eigenvalue weighted by molar-refractivity contribution is -0.384. The number of non-ortho nitro benzene ring substituents is 1.